The minimum absolute atomic E-state index is 0.0243. The molecular formula is C27H34N6O3. The highest BCUT2D eigenvalue weighted by molar-refractivity contribution is 5.85. The van der Waals surface area contributed by atoms with E-state index in [1.807, 2.05) is 52.1 Å². The van der Waals surface area contributed by atoms with Gasteiger partial charge in [0.2, 0.25) is 0 Å². The molecule has 1 aliphatic heterocycles. The van der Waals surface area contributed by atoms with Crippen LogP contribution in [0.25, 0.3) is 16.6 Å². The predicted octanol–water partition coefficient (Wildman–Crippen LogP) is 4.65. The molecule has 190 valence electrons. The highest BCUT2D eigenvalue weighted by Crippen LogP contribution is 2.32. The number of piperidine rings is 1. The van der Waals surface area contributed by atoms with Gasteiger partial charge in [0.25, 0.3) is 0 Å². The zero-order valence-electron chi connectivity index (χ0n) is 21.8. The molecule has 0 aliphatic carbocycles. The van der Waals surface area contributed by atoms with E-state index in [2.05, 4.69) is 35.2 Å². The molecule has 4 rings (SSSR count). The standard InChI is InChI=1S/C27H34N6O3/c1-7-35-21-10-22(25-20(11-28)13-30-33(25)16-21)19-8-9-23(29-12-19)32-14-17(2)24(18(3)15-32)31-26(34)36-27(4,5)6/h8-10,12-13,16-18,24H,7,14-15H2,1-6H3,(H,31,34)/t17-,18+,24+. The maximum Gasteiger partial charge on any atom is 0.407 e. The number of rotatable bonds is 5. The van der Waals surface area contributed by atoms with Gasteiger partial charge in [0.05, 0.1) is 30.1 Å². The van der Waals surface area contributed by atoms with Crippen LogP contribution in [0.4, 0.5) is 10.6 Å². The number of hydrogen-bond acceptors (Lipinski definition) is 7. The molecule has 3 aromatic heterocycles. The summed E-state index contributed by atoms with van der Waals surface area (Å²) in [5.41, 5.74) is 2.42. The Morgan fingerprint density at radius 2 is 1.94 bits per heavy atom. The van der Waals surface area contributed by atoms with Gasteiger partial charge in [0.1, 0.15) is 23.2 Å². The molecule has 1 N–H and O–H groups in total. The van der Waals surface area contributed by atoms with E-state index in [4.69, 9.17) is 14.5 Å². The summed E-state index contributed by atoms with van der Waals surface area (Å²) in [5.74, 6) is 1.99. The van der Waals surface area contributed by atoms with Crippen LogP contribution < -0.4 is 15.0 Å². The van der Waals surface area contributed by atoms with Crippen molar-refractivity contribution in [1.29, 1.82) is 5.26 Å². The first kappa shape index (κ1) is 25.3. The van der Waals surface area contributed by atoms with Crippen LogP contribution in [0.5, 0.6) is 5.75 Å². The highest BCUT2D eigenvalue weighted by atomic mass is 16.6. The van der Waals surface area contributed by atoms with Crippen molar-refractivity contribution in [3.05, 3.63) is 42.4 Å². The summed E-state index contributed by atoms with van der Waals surface area (Å²) in [6.07, 6.45) is 4.80. The van der Waals surface area contributed by atoms with Crippen LogP contribution in [0.15, 0.2) is 36.8 Å². The van der Waals surface area contributed by atoms with E-state index >= 15 is 0 Å². The molecule has 1 amide bonds. The number of hydrogen-bond donors (Lipinski definition) is 1. The lowest BCUT2D eigenvalue weighted by atomic mass is 9.86. The van der Waals surface area contributed by atoms with Gasteiger partial charge in [-0.05, 0) is 57.7 Å². The fourth-order valence-electron chi connectivity index (χ4n) is 4.85. The fourth-order valence-corrected chi connectivity index (χ4v) is 4.85. The zero-order valence-corrected chi connectivity index (χ0v) is 21.8. The van der Waals surface area contributed by atoms with Gasteiger partial charge in [0, 0.05) is 36.5 Å². The number of alkyl carbamates (subject to hydrolysis) is 1. The summed E-state index contributed by atoms with van der Waals surface area (Å²) >= 11 is 0. The molecule has 1 aliphatic rings. The van der Waals surface area contributed by atoms with Crippen LogP contribution in [-0.4, -0.2) is 52.0 Å². The van der Waals surface area contributed by atoms with Crippen molar-refractivity contribution in [3.8, 4) is 22.9 Å². The van der Waals surface area contributed by atoms with E-state index < -0.39 is 5.60 Å². The number of anilines is 1. The molecule has 1 saturated heterocycles. The molecule has 0 spiro atoms. The SMILES string of the molecule is CCOc1cc(-c2ccc(N3C[C@@H](C)[C@H](NC(=O)OC(C)(C)C)[C@@H](C)C3)nc2)c2c(C#N)cnn2c1. The maximum absolute atomic E-state index is 12.3. The van der Waals surface area contributed by atoms with Gasteiger partial charge in [-0.2, -0.15) is 10.4 Å². The second-order valence-electron chi connectivity index (χ2n) is 10.4. The lowest BCUT2D eigenvalue weighted by Gasteiger charge is -2.42. The van der Waals surface area contributed by atoms with Crippen molar-refractivity contribution < 1.29 is 14.3 Å². The van der Waals surface area contributed by atoms with Crippen LogP contribution in [0.2, 0.25) is 0 Å². The van der Waals surface area contributed by atoms with Crippen molar-refractivity contribution in [3.63, 3.8) is 0 Å². The molecule has 9 heteroatoms. The fraction of sp³-hybridized carbons (Fsp3) is 0.481. The van der Waals surface area contributed by atoms with E-state index in [9.17, 15) is 10.1 Å². The molecule has 0 radical (unpaired) electrons. The molecular weight excluding hydrogens is 456 g/mol. The number of aromatic nitrogens is 3. The Morgan fingerprint density at radius 1 is 1.22 bits per heavy atom. The van der Waals surface area contributed by atoms with E-state index in [1.54, 1.807) is 16.9 Å². The number of carbonyl (C=O) groups excluding carboxylic acids is 1. The quantitative estimate of drug-likeness (QED) is 0.555. The first-order chi connectivity index (χ1) is 17.1. The van der Waals surface area contributed by atoms with Crippen molar-refractivity contribution in [1.82, 2.24) is 19.9 Å². The number of pyridine rings is 2. The van der Waals surface area contributed by atoms with E-state index in [1.165, 1.54) is 0 Å². The average Bonchev–Trinajstić information content (AvgIpc) is 3.23. The number of nitriles is 1. The summed E-state index contributed by atoms with van der Waals surface area (Å²) in [6, 6.07) is 8.19. The van der Waals surface area contributed by atoms with Gasteiger partial charge in [0.15, 0.2) is 0 Å². The Morgan fingerprint density at radius 3 is 2.53 bits per heavy atom. The van der Waals surface area contributed by atoms with Crippen LogP contribution in [0.1, 0.15) is 47.1 Å². The second-order valence-corrected chi connectivity index (χ2v) is 10.4. The molecule has 1 fully saturated rings. The van der Waals surface area contributed by atoms with Crippen LogP contribution >= 0.6 is 0 Å². The predicted molar refractivity (Wildman–Crippen MR) is 138 cm³/mol. The van der Waals surface area contributed by atoms with Crippen molar-refractivity contribution in [2.45, 2.75) is 53.2 Å². The van der Waals surface area contributed by atoms with Crippen molar-refractivity contribution in [2.24, 2.45) is 11.8 Å². The first-order valence-electron chi connectivity index (χ1n) is 12.3. The summed E-state index contributed by atoms with van der Waals surface area (Å²) in [5, 5.41) is 17.0. The number of amides is 1. The summed E-state index contributed by atoms with van der Waals surface area (Å²) in [7, 11) is 0. The average molecular weight is 491 g/mol. The molecule has 0 saturated carbocycles. The van der Waals surface area contributed by atoms with Gasteiger partial charge in [-0.1, -0.05) is 13.8 Å². The third-order valence-electron chi connectivity index (χ3n) is 6.33. The topological polar surface area (TPSA) is 105 Å². The van der Waals surface area contributed by atoms with Crippen LogP contribution in [-0.2, 0) is 4.74 Å². The maximum atomic E-state index is 12.3. The van der Waals surface area contributed by atoms with Crippen molar-refractivity contribution >= 4 is 17.4 Å². The Kier molecular flexibility index (Phi) is 7.07. The Labute approximate surface area is 212 Å². The highest BCUT2D eigenvalue weighted by Gasteiger charge is 2.34. The zero-order chi connectivity index (χ0) is 26.0. The third-order valence-corrected chi connectivity index (χ3v) is 6.33. The first-order valence-corrected chi connectivity index (χ1v) is 12.3. The summed E-state index contributed by atoms with van der Waals surface area (Å²) < 4.78 is 12.9. The van der Waals surface area contributed by atoms with E-state index in [-0.39, 0.29) is 24.0 Å². The van der Waals surface area contributed by atoms with Crippen molar-refractivity contribution in [2.75, 3.05) is 24.6 Å². The lowest BCUT2D eigenvalue weighted by Crippen LogP contribution is -2.55. The molecule has 0 bridgehead atoms. The molecule has 36 heavy (non-hydrogen) atoms. The van der Waals surface area contributed by atoms with Crippen LogP contribution in [0, 0.1) is 23.2 Å². The van der Waals surface area contributed by atoms with Gasteiger partial charge in [-0.3, -0.25) is 0 Å². The minimum atomic E-state index is -0.526. The number of nitrogens with one attached hydrogen (secondary N) is 1. The largest absolute Gasteiger partial charge is 0.492 e. The Balaban J connectivity index is 1.54. The molecule has 3 aromatic rings. The smallest absolute Gasteiger partial charge is 0.407 e. The van der Waals surface area contributed by atoms with Gasteiger partial charge in [-0.15, -0.1) is 0 Å². The van der Waals surface area contributed by atoms with Gasteiger partial charge >= 0.3 is 6.09 Å². The lowest BCUT2D eigenvalue weighted by molar-refractivity contribution is 0.0457. The second kappa shape index (κ2) is 10.1. The molecule has 9 nitrogen and oxygen atoms in total. The molecule has 0 aromatic carbocycles. The minimum Gasteiger partial charge on any atom is -0.492 e. The van der Waals surface area contributed by atoms with Gasteiger partial charge in [-0.25, -0.2) is 14.3 Å². The van der Waals surface area contributed by atoms with Crippen LogP contribution in [0.3, 0.4) is 0 Å². The summed E-state index contributed by atoms with van der Waals surface area (Å²) in [4.78, 5) is 19.3. The molecule has 0 unspecified atom stereocenters. The normalized spacial score (nSPS) is 20.1. The van der Waals surface area contributed by atoms with E-state index in [0.717, 1.165) is 35.6 Å². The summed E-state index contributed by atoms with van der Waals surface area (Å²) in [6.45, 7) is 13.9. The number of ether oxygens (including phenoxy) is 2. The van der Waals surface area contributed by atoms with Gasteiger partial charge < -0.3 is 19.7 Å². The molecule has 3 atom stereocenters. The molecule has 4 heterocycles. The number of nitrogens with zero attached hydrogens (tertiary/aromatic N) is 5. The number of carbonyl (C=O) groups is 1. The Hall–Kier alpha value is -3.80. The number of fused-ring (bicyclic) bond motifs is 1. The van der Waals surface area contributed by atoms with E-state index in [0.29, 0.717) is 17.9 Å². The monoisotopic (exact) mass is 490 g/mol. The Bertz CT molecular complexity index is 1260. The third kappa shape index (κ3) is 5.38.